The second kappa shape index (κ2) is 17.8. The zero-order valence-corrected chi connectivity index (χ0v) is 22.7. The van der Waals surface area contributed by atoms with E-state index < -0.39 is 16.1 Å². The third kappa shape index (κ3) is 13.4. The van der Waals surface area contributed by atoms with Crippen molar-refractivity contribution in [3.05, 3.63) is 28.8 Å². The Balaban J connectivity index is 2.09. The number of nitrogens with one attached hydrogen (secondary N) is 4. The number of carbonyl (C=O) groups excluding carboxylic acids is 1. The van der Waals surface area contributed by atoms with Crippen LogP contribution >= 0.6 is 0 Å². The van der Waals surface area contributed by atoms with Gasteiger partial charge in [0.05, 0.1) is 10.9 Å². The fourth-order valence-corrected chi connectivity index (χ4v) is 5.55. The molecule has 8 N–H and O–H groups in total. The summed E-state index contributed by atoms with van der Waals surface area (Å²) in [5, 5.41) is 9.63. The standard InChI is InChI=1S/C25H48N6O3S/c1-20-18-21(2)24(22(3)19-20)35(33,34)31-17-5-4-10-23(27)25(32)30-16-9-15-29-13-7-6-12-28-14-8-11-26/h18-19,23,28-29,31H,4-17,26-27H2,1-3H3,(H,30,32)/t23-/m0/s1. The third-order valence-electron chi connectivity index (χ3n) is 5.79. The van der Waals surface area contributed by atoms with E-state index in [-0.39, 0.29) is 5.91 Å². The highest BCUT2D eigenvalue weighted by atomic mass is 32.2. The monoisotopic (exact) mass is 512 g/mol. The highest BCUT2D eigenvalue weighted by molar-refractivity contribution is 7.89. The van der Waals surface area contributed by atoms with Crippen LogP contribution in [-0.4, -0.2) is 66.2 Å². The van der Waals surface area contributed by atoms with E-state index in [0.717, 1.165) is 75.1 Å². The maximum absolute atomic E-state index is 12.7. The molecule has 1 aromatic carbocycles. The van der Waals surface area contributed by atoms with E-state index in [2.05, 4.69) is 20.7 Å². The second-order valence-corrected chi connectivity index (χ2v) is 10.9. The Morgan fingerprint density at radius 2 is 1.37 bits per heavy atom. The molecule has 0 aliphatic rings. The van der Waals surface area contributed by atoms with Crippen LogP contribution in [0.5, 0.6) is 0 Å². The van der Waals surface area contributed by atoms with Gasteiger partial charge in [-0.1, -0.05) is 24.1 Å². The van der Waals surface area contributed by atoms with E-state index in [1.54, 1.807) is 0 Å². The van der Waals surface area contributed by atoms with Crippen LogP contribution in [-0.2, 0) is 14.8 Å². The molecule has 1 aromatic rings. The quantitative estimate of drug-likeness (QED) is 0.144. The lowest BCUT2D eigenvalue weighted by Crippen LogP contribution is -2.41. The first-order chi connectivity index (χ1) is 16.7. The minimum atomic E-state index is -3.56. The second-order valence-electron chi connectivity index (χ2n) is 9.22. The molecule has 0 saturated carbocycles. The van der Waals surface area contributed by atoms with Crippen LogP contribution in [0.3, 0.4) is 0 Å². The molecular weight excluding hydrogens is 464 g/mol. The molecular formula is C25H48N6O3S. The normalized spacial score (nSPS) is 12.6. The minimum Gasteiger partial charge on any atom is -0.355 e. The van der Waals surface area contributed by atoms with Gasteiger partial charge in [0.2, 0.25) is 15.9 Å². The molecule has 0 saturated heterocycles. The number of carbonyl (C=O) groups is 1. The highest BCUT2D eigenvalue weighted by Gasteiger charge is 2.19. The smallest absolute Gasteiger partial charge is 0.241 e. The Kier molecular flexibility index (Phi) is 16.0. The minimum absolute atomic E-state index is 0.153. The van der Waals surface area contributed by atoms with Crippen LogP contribution in [0.1, 0.15) is 61.6 Å². The number of sulfonamides is 1. The van der Waals surface area contributed by atoms with Crippen LogP contribution in [0.4, 0.5) is 0 Å². The summed E-state index contributed by atoms with van der Waals surface area (Å²) in [4.78, 5) is 12.5. The van der Waals surface area contributed by atoms with Crippen molar-refractivity contribution in [3.8, 4) is 0 Å². The number of hydrogen-bond acceptors (Lipinski definition) is 7. The van der Waals surface area contributed by atoms with Crippen molar-refractivity contribution >= 4 is 15.9 Å². The van der Waals surface area contributed by atoms with E-state index in [0.29, 0.717) is 37.2 Å². The number of amides is 1. The van der Waals surface area contributed by atoms with Crippen molar-refractivity contribution in [2.45, 2.75) is 76.7 Å². The molecule has 0 radical (unpaired) electrons. The van der Waals surface area contributed by atoms with Gasteiger partial charge in [-0.25, -0.2) is 13.1 Å². The molecule has 0 aliphatic heterocycles. The number of hydrogen-bond donors (Lipinski definition) is 6. The Bertz CT molecular complexity index is 825. The zero-order chi connectivity index (χ0) is 26.1. The Morgan fingerprint density at radius 3 is 1.97 bits per heavy atom. The summed E-state index contributed by atoms with van der Waals surface area (Å²) in [6.07, 6.45) is 5.94. The van der Waals surface area contributed by atoms with Crippen LogP contribution in [0.25, 0.3) is 0 Å². The first kappa shape index (κ1) is 31.5. The number of benzene rings is 1. The molecule has 0 fully saturated rings. The SMILES string of the molecule is Cc1cc(C)c(S(=O)(=O)NCCCC[C@H](N)C(=O)NCCCNCCCCNCCCN)c(C)c1. The van der Waals surface area contributed by atoms with E-state index in [1.165, 1.54) is 0 Å². The average Bonchev–Trinajstić information content (AvgIpc) is 2.78. The Hall–Kier alpha value is -1.56. The van der Waals surface area contributed by atoms with E-state index in [4.69, 9.17) is 11.5 Å². The molecule has 35 heavy (non-hydrogen) atoms. The number of nitrogens with two attached hydrogens (primary N) is 2. The molecule has 0 bridgehead atoms. The van der Waals surface area contributed by atoms with E-state index in [1.807, 2.05) is 32.9 Å². The van der Waals surface area contributed by atoms with Gasteiger partial charge in [-0.15, -0.1) is 0 Å². The molecule has 1 amide bonds. The predicted molar refractivity (Wildman–Crippen MR) is 144 cm³/mol. The molecule has 0 aliphatic carbocycles. The van der Waals surface area contributed by atoms with Crippen LogP contribution in [0.2, 0.25) is 0 Å². The maximum Gasteiger partial charge on any atom is 0.241 e. The lowest BCUT2D eigenvalue weighted by Gasteiger charge is -2.14. The lowest BCUT2D eigenvalue weighted by atomic mass is 10.1. The van der Waals surface area contributed by atoms with Crippen molar-refractivity contribution in [3.63, 3.8) is 0 Å². The van der Waals surface area contributed by atoms with Gasteiger partial charge in [-0.3, -0.25) is 4.79 Å². The van der Waals surface area contributed by atoms with Gasteiger partial charge < -0.3 is 27.4 Å². The lowest BCUT2D eigenvalue weighted by molar-refractivity contribution is -0.122. The Morgan fingerprint density at radius 1 is 0.829 bits per heavy atom. The predicted octanol–water partition coefficient (Wildman–Crippen LogP) is 1.20. The van der Waals surface area contributed by atoms with Crippen molar-refractivity contribution in [2.75, 3.05) is 45.8 Å². The first-order valence-corrected chi connectivity index (χ1v) is 14.4. The van der Waals surface area contributed by atoms with E-state index in [9.17, 15) is 13.2 Å². The van der Waals surface area contributed by atoms with Gasteiger partial charge in [0.1, 0.15) is 0 Å². The van der Waals surface area contributed by atoms with E-state index >= 15 is 0 Å². The topological polar surface area (TPSA) is 151 Å². The summed E-state index contributed by atoms with van der Waals surface area (Å²) in [7, 11) is -3.56. The van der Waals surface area contributed by atoms with Crippen LogP contribution in [0, 0.1) is 20.8 Å². The van der Waals surface area contributed by atoms with Crippen molar-refractivity contribution < 1.29 is 13.2 Å². The van der Waals surface area contributed by atoms with Crippen LogP contribution < -0.4 is 32.1 Å². The third-order valence-corrected chi connectivity index (χ3v) is 7.55. The van der Waals surface area contributed by atoms with Crippen molar-refractivity contribution in [2.24, 2.45) is 11.5 Å². The van der Waals surface area contributed by atoms with Gasteiger partial charge in [-0.05, 0) is 103 Å². The molecule has 0 unspecified atom stereocenters. The van der Waals surface area contributed by atoms with Crippen molar-refractivity contribution in [1.82, 2.24) is 20.7 Å². The number of aryl methyl sites for hydroxylation is 3. The largest absolute Gasteiger partial charge is 0.355 e. The molecule has 9 nitrogen and oxygen atoms in total. The number of unbranched alkanes of at least 4 members (excludes halogenated alkanes) is 2. The van der Waals surface area contributed by atoms with Crippen molar-refractivity contribution in [1.29, 1.82) is 0 Å². The summed E-state index contributed by atoms with van der Waals surface area (Å²) in [6, 6.07) is 3.17. The van der Waals surface area contributed by atoms with Crippen LogP contribution in [0.15, 0.2) is 17.0 Å². The molecule has 202 valence electrons. The molecule has 1 atom stereocenters. The van der Waals surface area contributed by atoms with Gasteiger partial charge in [0.25, 0.3) is 0 Å². The first-order valence-electron chi connectivity index (χ1n) is 12.9. The molecule has 1 rings (SSSR count). The summed E-state index contributed by atoms with van der Waals surface area (Å²) in [6.45, 7) is 11.1. The fraction of sp³-hybridized carbons (Fsp3) is 0.720. The van der Waals surface area contributed by atoms with Gasteiger partial charge >= 0.3 is 0 Å². The Labute approximate surface area is 212 Å². The maximum atomic E-state index is 12.7. The average molecular weight is 513 g/mol. The summed E-state index contributed by atoms with van der Waals surface area (Å²) in [5.41, 5.74) is 14.0. The molecule has 0 aromatic heterocycles. The molecule has 10 heteroatoms. The zero-order valence-electron chi connectivity index (χ0n) is 21.9. The molecule has 0 heterocycles. The summed E-state index contributed by atoms with van der Waals surface area (Å²) in [5.74, 6) is -0.153. The fourth-order valence-electron chi connectivity index (χ4n) is 4.02. The van der Waals surface area contributed by atoms with Gasteiger partial charge in [0.15, 0.2) is 0 Å². The van der Waals surface area contributed by atoms with Gasteiger partial charge in [0, 0.05) is 13.1 Å². The summed E-state index contributed by atoms with van der Waals surface area (Å²) >= 11 is 0. The van der Waals surface area contributed by atoms with Gasteiger partial charge in [-0.2, -0.15) is 0 Å². The number of rotatable bonds is 20. The molecule has 0 spiro atoms. The highest BCUT2D eigenvalue weighted by Crippen LogP contribution is 2.21. The summed E-state index contributed by atoms with van der Waals surface area (Å²) < 4.78 is 28.0.